The zero-order valence-electron chi connectivity index (χ0n) is 11.1. The minimum atomic E-state index is -0.268. The van der Waals surface area contributed by atoms with E-state index in [0.29, 0.717) is 18.1 Å². The Balaban J connectivity index is 2.64. The van der Waals surface area contributed by atoms with E-state index in [-0.39, 0.29) is 18.1 Å². The van der Waals surface area contributed by atoms with Crippen LogP contribution in [0.1, 0.15) is 38.8 Å². The van der Waals surface area contributed by atoms with Crippen molar-refractivity contribution in [3.8, 4) is 0 Å². The van der Waals surface area contributed by atoms with Gasteiger partial charge in [-0.1, -0.05) is 30.7 Å². The van der Waals surface area contributed by atoms with Gasteiger partial charge in [0.25, 0.3) is 0 Å². The molecular weight excluding hydrogens is 250 g/mol. The molecule has 1 N–H and O–H groups in total. The van der Waals surface area contributed by atoms with Gasteiger partial charge in [-0.25, -0.2) is 0 Å². The monoisotopic (exact) mass is 269 g/mol. The van der Waals surface area contributed by atoms with Crippen molar-refractivity contribution in [2.75, 3.05) is 6.61 Å². The van der Waals surface area contributed by atoms with Crippen molar-refractivity contribution in [3.63, 3.8) is 0 Å². The van der Waals surface area contributed by atoms with Crippen molar-refractivity contribution < 1.29 is 9.53 Å². The third-order valence-electron chi connectivity index (χ3n) is 2.80. The second-order valence-electron chi connectivity index (χ2n) is 4.15. The highest BCUT2D eigenvalue weighted by atomic mass is 35.5. The summed E-state index contributed by atoms with van der Waals surface area (Å²) < 4.78 is 5.03. The number of rotatable bonds is 6. The fraction of sp³-hybridized carbons (Fsp3) is 0.500. The van der Waals surface area contributed by atoms with Crippen LogP contribution in [-0.2, 0) is 9.53 Å². The van der Waals surface area contributed by atoms with Gasteiger partial charge >= 0.3 is 5.97 Å². The van der Waals surface area contributed by atoms with E-state index in [4.69, 9.17) is 16.3 Å². The SMILES string of the molecule is CCOC(=O)C(CC)N[C@H](C)c1ccc(Cl)cc1. The maximum atomic E-state index is 11.7. The molecule has 0 bridgehead atoms. The summed E-state index contributed by atoms with van der Waals surface area (Å²) >= 11 is 5.85. The molecule has 0 spiro atoms. The van der Waals surface area contributed by atoms with E-state index in [2.05, 4.69) is 5.32 Å². The molecule has 0 heterocycles. The molecule has 1 aromatic carbocycles. The van der Waals surface area contributed by atoms with Crippen molar-refractivity contribution in [1.82, 2.24) is 5.32 Å². The Bertz CT molecular complexity index is 378. The Hall–Kier alpha value is -1.06. The predicted molar refractivity (Wildman–Crippen MR) is 73.7 cm³/mol. The maximum Gasteiger partial charge on any atom is 0.323 e. The molecule has 4 heteroatoms. The van der Waals surface area contributed by atoms with Gasteiger partial charge in [0.2, 0.25) is 0 Å². The normalized spacial score (nSPS) is 14.0. The van der Waals surface area contributed by atoms with Crippen LogP contribution in [0.4, 0.5) is 0 Å². The van der Waals surface area contributed by atoms with Gasteiger partial charge in [0, 0.05) is 11.1 Å². The van der Waals surface area contributed by atoms with E-state index in [1.165, 1.54) is 0 Å². The minimum Gasteiger partial charge on any atom is -0.465 e. The number of benzene rings is 1. The van der Waals surface area contributed by atoms with Crippen molar-refractivity contribution in [3.05, 3.63) is 34.9 Å². The quantitative estimate of drug-likeness (QED) is 0.805. The average Bonchev–Trinajstić information content (AvgIpc) is 2.36. The van der Waals surface area contributed by atoms with Crippen LogP contribution in [-0.4, -0.2) is 18.6 Å². The van der Waals surface area contributed by atoms with Gasteiger partial charge in [-0.15, -0.1) is 0 Å². The van der Waals surface area contributed by atoms with Crippen LogP contribution in [0.3, 0.4) is 0 Å². The summed E-state index contributed by atoms with van der Waals surface area (Å²) in [7, 11) is 0. The van der Waals surface area contributed by atoms with E-state index >= 15 is 0 Å². The Morgan fingerprint density at radius 3 is 2.44 bits per heavy atom. The van der Waals surface area contributed by atoms with Crippen molar-refractivity contribution in [2.24, 2.45) is 0 Å². The number of hydrogen-bond acceptors (Lipinski definition) is 3. The summed E-state index contributed by atoms with van der Waals surface area (Å²) in [6.07, 6.45) is 0.705. The molecular formula is C14H20ClNO2. The Labute approximate surface area is 113 Å². The van der Waals surface area contributed by atoms with Crippen molar-refractivity contribution >= 4 is 17.6 Å². The van der Waals surface area contributed by atoms with E-state index < -0.39 is 0 Å². The zero-order chi connectivity index (χ0) is 13.5. The van der Waals surface area contributed by atoms with Crippen LogP contribution < -0.4 is 5.32 Å². The van der Waals surface area contributed by atoms with Crippen LogP contribution in [0.2, 0.25) is 5.02 Å². The number of halogens is 1. The lowest BCUT2D eigenvalue weighted by atomic mass is 10.1. The summed E-state index contributed by atoms with van der Waals surface area (Å²) in [6, 6.07) is 7.42. The van der Waals surface area contributed by atoms with Crippen LogP contribution in [0, 0.1) is 0 Å². The average molecular weight is 270 g/mol. The Kier molecular flexibility index (Phi) is 6.16. The molecule has 2 atom stereocenters. The lowest BCUT2D eigenvalue weighted by Crippen LogP contribution is -2.39. The number of carbonyl (C=O) groups is 1. The molecule has 1 unspecified atom stereocenters. The van der Waals surface area contributed by atoms with Crippen molar-refractivity contribution in [2.45, 2.75) is 39.3 Å². The van der Waals surface area contributed by atoms with Crippen LogP contribution in [0.25, 0.3) is 0 Å². The molecule has 0 aliphatic carbocycles. The summed E-state index contributed by atoms with van der Waals surface area (Å²) in [5.41, 5.74) is 1.10. The molecule has 0 saturated carbocycles. The number of carbonyl (C=O) groups excluding carboxylic acids is 1. The van der Waals surface area contributed by atoms with E-state index in [1.807, 2.05) is 45.0 Å². The fourth-order valence-corrected chi connectivity index (χ4v) is 1.87. The first-order chi connectivity index (χ1) is 8.58. The molecule has 0 saturated heterocycles. The molecule has 18 heavy (non-hydrogen) atoms. The maximum absolute atomic E-state index is 11.7. The highest BCUT2D eigenvalue weighted by Gasteiger charge is 2.20. The second-order valence-corrected chi connectivity index (χ2v) is 4.59. The largest absolute Gasteiger partial charge is 0.465 e. The van der Waals surface area contributed by atoms with Crippen LogP contribution in [0.15, 0.2) is 24.3 Å². The summed E-state index contributed by atoms with van der Waals surface area (Å²) in [4.78, 5) is 11.7. The molecule has 0 aromatic heterocycles. The van der Waals surface area contributed by atoms with Crippen LogP contribution >= 0.6 is 11.6 Å². The highest BCUT2D eigenvalue weighted by Crippen LogP contribution is 2.17. The van der Waals surface area contributed by atoms with Crippen LogP contribution in [0.5, 0.6) is 0 Å². The Morgan fingerprint density at radius 2 is 1.94 bits per heavy atom. The number of esters is 1. The van der Waals surface area contributed by atoms with Gasteiger partial charge in [-0.05, 0) is 38.0 Å². The fourth-order valence-electron chi connectivity index (χ4n) is 1.74. The van der Waals surface area contributed by atoms with Gasteiger partial charge < -0.3 is 4.74 Å². The summed E-state index contributed by atoms with van der Waals surface area (Å²) in [5, 5.41) is 3.98. The molecule has 3 nitrogen and oxygen atoms in total. The minimum absolute atomic E-state index is 0.0802. The number of hydrogen-bond donors (Lipinski definition) is 1. The predicted octanol–water partition coefficient (Wildman–Crippen LogP) is 3.33. The van der Waals surface area contributed by atoms with E-state index in [1.54, 1.807) is 0 Å². The second kappa shape index (κ2) is 7.39. The van der Waals surface area contributed by atoms with Gasteiger partial charge in [0.15, 0.2) is 0 Å². The summed E-state index contributed by atoms with van der Waals surface area (Å²) in [5.74, 6) is -0.194. The third-order valence-corrected chi connectivity index (χ3v) is 3.05. The smallest absolute Gasteiger partial charge is 0.323 e. The number of ether oxygens (including phenoxy) is 1. The van der Waals surface area contributed by atoms with Crippen molar-refractivity contribution in [1.29, 1.82) is 0 Å². The van der Waals surface area contributed by atoms with E-state index in [9.17, 15) is 4.79 Å². The lowest BCUT2D eigenvalue weighted by molar-refractivity contribution is -0.145. The number of nitrogens with one attached hydrogen (secondary N) is 1. The molecule has 0 fully saturated rings. The van der Waals surface area contributed by atoms with Gasteiger partial charge in [-0.3, -0.25) is 10.1 Å². The zero-order valence-corrected chi connectivity index (χ0v) is 11.8. The first kappa shape index (κ1) is 15.0. The Morgan fingerprint density at radius 1 is 1.33 bits per heavy atom. The van der Waals surface area contributed by atoms with E-state index in [0.717, 1.165) is 5.56 Å². The topological polar surface area (TPSA) is 38.3 Å². The van der Waals surface area contributed by atoms with Gasteiger partial charge in [0.1, 0.15) is 6.04 Å². The first-order valence-corrected chi connectivity index (χ1v) is 6.64. The molecule has 1 rings (SSSR count). The molecule has 1 aromatic rings. The molecule has 0 aliphatic rings. The molecule has 0 amide bonds. The standard InChI is InChI=1S/C14H20ClNO2/c1-4-13(14(17)18-5-2)16-10(3)11-6-8-12(15)9-7-11/h6-10,13,16H,4-5H2,1-3H3/t10-,13?/m1/s1. The lowest BCUT2D eigenvalue weighted by Gasteiger charge is -2.21. The van der Waals surface area contributed by atoms with Gasteiger partial charge in [-0.2, -0.15) is 0 Å². The van der Waals surface area contributed by atoms with Gasteiger partial charge in [0.05, 0.1) is 6.61 Å². The molecule has 0 aliphatic heterocycles. The summed E-state index contributed by atoms with van der Waals surface area (Å²) in [6.45, 7) is 6.20. The molecule has 100 valence electrons. The highest BCUT2D eigenvalue weighted by molar-refractivity contribution is 6.30. The molecule has 0 radical (unpaired) electrons. The third kappa shape index (κ3) is 4.31. The first-order valence-electron chi connectivity index (χ1n) is 6.26.